The van der Waals surface area contributed by atoms with Gasteiger partial charge in [0, 0.05) is 27.2 Å². The molecule has 34 heavy (non-hydrogen) atoms. The summed E-state index contributed by atoms with van der Waals surface area (Å²) in [5, 5.41) is 2.82. The van der Waals surface area contributed by atoms with Gasteiger partial charge in [-0.1, -0.05) is 12.1 Å². The number of carbonyl (C=O) groups excluding carboxylic acids is 1. The van der Waals surface area contributed by atoms with Crippen molar-refractivity contribution in [2.45, 2.75) is 23.3 Å². The van der Waals surface area contributed by atoms with E-state index in [0.717, 1.165) is 0 Å². The van der Waals surface area contributed by atoms with Crippen LogP contribution in [0.3, 0.4) is 0 Å². The molecule has 0 saturated carbocycles. The van der Waals surface area contributed by atoms with Gasteiger partial charge in [-0.2, -0.15) is 30.7 Å². The fourth-order valence-electron chi connectivity index (χ4n) is 2.97. The highest BCUT2D eigenvalue weighted by Crippen LogP contribution is 2.56. The molecule has 1 atom stereocenters. The van der Waals surface area contributed by atoms with Crippen molar-refractivity contribution in [1.82, 2.24) is 4.98 Å². The first-order valence-electron chi connectivity index (χ1n) is 8.92. The highest BCUT2D eigenvalue weighted by atomic mass is 79.9. The average molecular weight is 622 g/mol. The highest BCUT2D eigenvalue weighted by Gasteiger charge is 2.71. The lowest BCUT2D eigenvalue weighted by Crippen LogP contribution is -2.49. The number of pyridine rings is 1. The molecule has 1 N–H and O–H groups in total. The summed E-state index contributed by atoms with van der Waals surface area (Å²) in [6, 6.07) is 7.88. The quantitative estimate of drug-likeness (QED) is 0.228. The molecule has 0 fully saturated rings. The molecule has 14 heteroatoms. The minimum atomic E-state index is -6.16. The van der Waals surface area contributed by atoms with Crippen molar-refractivity contribution in [2.75, 3.05) is 5.32 Å². The van der Waals surface area contributed by atoms with Crippen molar-refractivity contribution in [1.29, 1.82) is 0 Å². The van der Waals surface area contributed by atoms with Gasteiger partial charge in [0.1, 0.15) is 0 Å². The Morgan fingerprint density at radius 2 is 1.71 bits per heavy atom. The van der Waals surface area contributed by atoms with Crippen LogP contribution in [-0.4, -0.2) is 28.5 Å². The van der Waals surface area contributed by atoms with E-state index in [0.29, 0.717) is 10.9 Å². The number of anilines is 1. The van der Waals surface area contributed by atoms with Gasteiger partial charge >= 0.3 is 23.3 Å². The molecule has 2 aromatic carbocycles. The van der Waals surface area contributed by atoms with Crippen LogP contribution in [-0.2, 0) is 5.67 Å². The van der Waals surface area contributed by atoms with Crippen LogP contribution >= 0.6 is 31.9 Å². The molecule has 0 spiro atoms. The topological polar surface area (TPSA) is 51.2 Å². The molecule has 1 unspecified atom stereocenters. The Bertz CT molecular complexity index is 1220. The molecule has 1 aromatic heterocycles. The standard InChI is InChI=1S/C20H10Br2F8N2O2/c21-12-7-11(18(25,19(22,26)27)20(28,29)30)8-14(34-17(23)24)15(12)32-16(33)10-4-3-9-2-1-5-31-13(9)6-10/h1-8,17H,(H,32,33). The molecular weight excluding hydrogens is 612 g/mol. The molecule has 1 heterocycles. The maximum Gasteiger partial charge on any atom is 0.433 e. The van der Waals surface area contributed by atoms with Crippen molar-refractivity contribution >= 4 is 54.4 Å². The highest BCUT2D eigenvalue weighted by molar-refractivity contribution is 9.10. The van der Waals surface area contributed by atoms with Gasteiger partial charge in [-0.25, -0.2) is 4.39 Å². The van der Waals surface area contributed by atoms with E-state index in [1.54, 1.807) is 12.1 Å². The van der Waals surface area contributed by atoms with Gasteiger partial charge in [0.2, 0.25) is 0 Å². The van der Waals surface area contributed by atoms with Crippen molar-refractivity contribution in [3.8, 4) is 5.75 Å². The lowest BCUT2D eigenvalue weighted by atomic mass is 9.94. The second-order valence-corrected chi connectivity index (χ2v) is 8.58. The summed E-state index contributed by atoms with van der Waals surface area (Å²) in [5.41, 5.74) is -7.34. The van der Waals surface area contributed by atoms with Gasteiger partial charge in [0.25, 0.3) is 5.91 Å². The number of amides is 1. The van der Waals surface area contributed by atoms with Gasteiger partial charge < -0.3 is 10.1 Å². The Hall–Kier alpha value is -2.48. The lowest BCUT2D eigenvalue weighted by Gasteiger charge is -2.32. The summed E-state index contributed by atoms with van der Waals surface area (Å²) in [5.74, 6) is -2.11. The average Bonchev–Trinajstić information content (AvgIpc) is 2.72. The molecule has 3 rings (SSSR count). The van der Waals surface area contributed by atoms with Gasteiger partial charge in [0.05, 0.1) is 11.2 Å². The van der Waals surface area contributed by atoms with Crippen molar-refractivity contribution in [2.24, 2.45) is 0 Å². The van der Waals surface area contributed by atoms with E-state index in [9.17, 15) is 39.9 Å². The largest absolute Gasteiger partial charge is 0.433 e. The smallest absolute Gasteiger partial charge is 0.433 e. The molecule has 3 aromatic rings. The first-order chi connectivity index (χ1) is 15.6. The van der Waals surface area contributed by atoms with E-state index in [-0.39, 0.29) is 17.7 Å². The van der Waals surface area contributed by atoms with Crippen LogP contribution in [0.1, 0.15) is 15.9 Å². The molecule has 0 bridgehead atoms. The number of fused-ring (bicyclic) bond motifs is 1. The predicted octanol–water partition coefficient (Wildman–Crippen LogP) is 7.57. The van der Waals surface area contributed by atoms with Gasteiger partial charge in [-0.15, -0.1) is 0 Å². The Morgan fingerprint density at radius 3 is 2.29 bits per heavy atom. The van der Waals surface area contributed by atoms with E-state index in [2.05, 4.69) is 31.0 Å². The number of nitrogens with zero attached hydrogens (tertiary/aromatic N) is 1. The zero-order chi connectivity index (χ0) is 25.5. The molecular formula is C20H10Br2F8N2O2. The Morgan fingerprint density at radius 1 is 1.03 bits per heavy atom. The number of nitrogens with one attached hydrogen (secondary N) is 1. The number of alkyl halides is 9. The van der Waals surface area contributed by atoms with Crippen molar-refractivity contribution in [3.05, 3.63) is 64.3 Å². The van der Waals surface area contributed by atoms with E-state index in [1.165, 1.54) is 40.3 Å². The van der Waals surface area contributed by atoms with Gasteiger partial charge in [0.15, 0.2) is 5.75 Å². The second kappa shape index (κ2) is 9.29. The Kier molecular flexibility index (Phi) is 7.14. The number of carbonyl (C=O) groups is 1. The zero-order valence-corrected chi connectivity index (χ0v) is 19.4. The van der Waals surface area contributed by atoms with Crippen LogP contribution in [0.5, 0.6) is 5.75 Å². The van der Waals surface area contributed by atoms with Crippen molar-refractivity contribution in [3.63, 3.8) is 0 Å². The summed E-state index contributed by atoms with van der Waals surface area (Å²) in [7, 11) is 0. The van der Waals surface area contributed by atoms with Crippen LogP contribution in [0.15, 0.2) is 53.1 Å². The second-order valence-electron chi connectivity index (χ2n) is 6.73. The monoisotopic (exact) mass is 620 g/mol. The summed E-state index contributed by atoms with van der Waals surface area (Å²) in [6.45, 7) is -3.65. The molecule has 4 nitrogen and oxygen atoms in total. The zero-order valence-electron chi connectivity index (χ0n) is 16.2. The van der Waals surface area contributed by atoms with Crippen LogP contribution in [0, 0.1) is 0 Å². The fraction of sp³-hybridized carbons (Fsp3) is 0.200. The first-order valence-corrected chi connectivity index (χ1v) is 10.5. The van der Waals surface area contributed by atoms with E-state index >= 15 is 0 Å². The number of benzene rings is 2. The van der Waals surface area contributed by atoms with Crippen LogP contribution in [0.2, 0.25) is 0 Å². The number of hydrogen-bond donors (Lipinski definition) is 1. The third kappa shape index (κ3) is 4.97. The molecule has 0 aliphatic rings. The number of aromatic nitrogens is 1. The van der Waals surface area contributed by atoms with Crippen LogP contribution in [0.25, 0.3) is 10.9 Å². The minimum absolute atomic E-state index is 0.0111. The van der Waals surface area contributed by atoms with Crippen LogP contribution < -0.4 is 10.1 Å². The molecule has 0 radical (unpaired) electrons. The van der Waals surface area contributed by atoms with Gasteiger partial charge in [-0.3, -0.25) is 9.78 Å². The van der Waals surface area contributed by atoms with E-state index < -0.39 is 50.7 Å². The number of rotatable bonds is 6. The van der Waals surface area contributed by atoms with Crippen molar-refractivity contribution < 1.29 is 44.7 Å². The minimum Gasteiger partial charge on any atom is -0.433 e. The molecule has 182 valence electrons. The normalized spacial score (nSPS) is 14.2. The number of halogens is 10. The summed E-state index contributed by atoms with van der Waals surface area (Å²) >= 11 is 4.08. The third-order valence-electron chi connectivity index (χ3n) is 4.56. The molecule has 1 amide bonds. The van der Waals surface area contributed by atoms with E-state index in [1.807, 2.05) is 0 Å². The van der Waals surface area contributed by atoms with E-state index in [4.69, 9.17) is 0 Å². The fourth-order valence-corrected chi connectivity index (χ4v) is 3.97. The predicted molar refractivity (Wildman–Crippen MR) is 113 cm³/mol. The number of ether oxygens (including phenoxy) is 1. The molecule has 0 saturated heterocycles. The lowest BCUT2D eigenvalue weighted by molar-refractivity contribution is -0.282. The maximum absolute atomic E-state index is 14.8. The van der Waals surface area contributed by atoms with Gasteiger partial charge in [-0.05, 0) is 62.2 Å². The SMILES string of the molecule is O=C(Nc1c(Br)cc(C(F)(C(F)(F)F)C(F)(F)Br)cc1OC(F)F)c1ccc2cccnc2c1. The van der Waals surface area contributed by atoms with Crippen LogP contribution in [0.4, 0.5) is 40.8 Å². The molecule has 0 aliphatic heterocycles. The summed E-state index contributed by atoms with van der Waals surface area (Å²) in [4.78, 5) is 11.5. The summed E-state index contributed by atoms with van der Waals surface area (Å²) < 4.78 is 111. The Labute approximate surface area is 202 Å². The molecule has 0 aliphatic carbocycles. The third-order valence-corrected chi connectivity index (χ3v) is 5.73. The first kappa shape index (κ1) is 26.1. The Balaban J connectivity index is 2.09. The maximum atomic E-state index is 14.8. The number of hydrogen-bond acceptors (Lipinski definition) is 3. The summed E-state index contributed by atoms with van der Waals surface area (Å²) in [6.07, 6.45) is -4.71.